The molecule has 0 aliphatic heterocycles. The summed E-state index contributed by atoms with van der Waals surface area (Å²) < 4.78 is 32.2. The maximum atomic E-state index is 12.1. The maximum absolute atomic E-state index is 12.1. The predicted octanol–water partition coefficient (Wildman–Crippen LogP) is 2.53. The molecule has 0 bridgehead atoms. The van der Waals surface area contributed by atoms with Gasteiger partial charge >= 0.3 is 0 Å². The van der Waals surface area contributed by atoms with E-state index < -0.39 is 10.0 Å². The van der Waals surface area contributed by atoms with Crippen LogP contribution in [0.3, 0.4) is 0 Å². The van der Waals surface area contributed by atoms with Crippen molar-refractivity contribution < 1.29 is 13.2 Å². The van der Waals surface area contributed by atoms with Crippen LogP contribution in [0.15, 0.2) is 47.4 Å². The standard InChI is InChI=1S/C15H18N2O3S/c1-3-11-6-4-5-7-13(11)20-14-9-8-12(16)10-15(14)21(18,19)17-2/h4-10,17H,3,16H2,1-2H3. The lowest BCUT2D eigenvalue weighted by Crippen LogP contribution is -2.19. The Hall–Kier alpha value is -2.05. The van der Waals surface area contributed by atoms with Gasteiger partial charge in [0.05, 0.1) is 0 Å². The van der Waals surface area contributed by atoms with E-state index in [9.17, 15) is 8.42 Å². The summed E-state index contributed by atoms with van der Waals surface area (Å²) in [4.78, 5) is 0.0240. The Morgan fingerprint density at radius 2 is 1.86 bits per heavy atom. The minimum absolute atomic E-state index is 0.0240. The summed E-state index contributed by atoms with van der Waals surface area (Å²) in [5.41, 5.74) is 7.04. The molecule has 6 heteroatoms. The van der Waals surface area contributed by atoms with Gasteiger partial charge in [-0.15, -0.1) is 0 Å². The quantitative estimate of drug-likeness (QED) is 0.832. The van der Waals surface area contributed by atoms with Crippen molar-refractivity contribution in [2.75, 3.05) is 12.8 Å². The van der Waals surface area contributed by atoms with Crippen molar-refractivity contribution >= 4 is 15.7 Å². The van der Waals surface area contributed by atoms with Gasteiger partial charge in [-0.2, -0.15) is 0 Å². The number of nitrogens with two attached hydrogens (primary N) is 1. The van der Waals surface area contributed by atoms with Crippen LogP contribution in [-0.2, 0) is 16.4 Å². The molecule has 0 unspecified atom stereocenters. The van der Waals surface area contributed by atoms with Crippen LogP contribution >= 0.6 is 0 Å². The molecule has 0 aliphatic carbocycles. The lowest BCUT2D eigenvalue weighted by atomic mass is 10.1. The van der Waals surface area contributed by atoms with Crippen LogP contribution in [0, 0.1) is 0 Å². The van der Waals surface area contributed by atoms with Gasteiger partial charge in [0, 0.05) is 5.69 Å². The van der Waals surface area contributed by atoms with Gasteiger partial charge in [-0.25, -0.2) is 13.1 Å². The summed E-state index contributed by atoms with van der Waals surface area (Å²) in [5, 5.41) is 0. The largest absolute Gasteiger partial charge is 0.456 e. The summed E-state index contributed by atoms with van der Waals surface area (Å²) in [6.45, 7) is 2.01. The first kappa shape index (κ1) is 15.3. The molecule has 21 heavy (non-hydrogen) atoms. The molecule has 0 amide bonds. The van der Waals surface area contributed by atoms with E-state index in [1.54, 1.807) is 12.1 Å². The number of benzene rings is 2. The van der Waals surface area contributed by atoms with Crippen LogP contribution in [0.2, 0.25) is 0 Å². The summed E-state index contributed by atoms with van der Waals surface area (Å²) in [5.74, 6) is 0.886. The molecule has 0 radical (unpaired) electrons. The Balaban J connectivity index is 2.50. The van der Waals surface area contributed by atoms with Crippen LogP contribution in [0.4, 0.5) is 5.69 Å². The van der Waals surface area contributed by atoms with Crippen molar-refractivity contribution in [3.63, 3.8) is 0 Å². The number of hydrogen-bond acceptors (Lipinski definition) is 4. The molecule has 0 spiro atoms. The molecule has 0 saturated heterocycles. The molecule has 2 rings (SSSR count). The zero-order valence-corrected chi connectivity index (χ0v) is 12.8. The lowest BCUT2D eigenvalue weighted by Gasteiger charge is -2.14. The van der Waals surface area contributed by atoms with Crippen molar-refractivity contribution in [1.82, 2.24) is 4.72 Å². The highest BCUT2D eigenvalue weighted by molar-refractivity contribution is 7.89. The van der Waals surface area contributed by atoms with Gasteiger partial charge in [0.25, 0.3) is 0 Å². The van der Waals surface area contributed by atoms with Gasteiger partial charge in [0.15, 0.2) is 0 Å². The highest BCUT2D eigenvalue weighted by atomic mass is 32.2. The highest BCUT2D eigenvalue weighted by Gasteiger charge is 2.19. The Bertz CT molecular complexity index is 742. The molecular weight excluding hydrogens is 288 g/mol. The maximum Gasteiger partial charge on any atom is 0.244 e. The molecule has 112 valence electrons. The zero-order chi connectivity index (χ0) is 15.5. The van der Waals surface area contributed by atoms with Crippen molar-refractivity contribution in [3.8, 4) is 11.5 Å². The van der Waals surface area contributed by atoms with Crippen molar-refractivity contribution in [2.24, 2.45) is 0 Å². The van der Waals surface area contributed by atoms with Crippen LogP contribution in [-0.4, -0.2) is 15.5 Å². The van der Waals surface area contributed by atoms with E-state index in [1.165, 1.54) is 13.1 Å². The average Bonchev–Trinajstić information content (AvgIpc) is 2.49. The number of rotatable bonds is 5. The number of nitrogen functional groups attached to an aromatic ring is 1. The zero-order valence-electron chi connectivity index (χ0n) is 12.0. The molecule has 0 atom stereocenters. The summed E-state index contributed by atoms with van der Waals surface area (Å²) in [7, 11) is -2.30. The molecule has 0 saturated carbocycles. The van der Waals surface area contributed by atoms with E-state index in [-0.39, 0.29) is 10.6 Å². The van der Waals surface area contributed by atoms with Crippen LogP contribution in [0.5, 0.6) is 11.5 Å². The van der Waals surface area contributed by atoms with E-state index >= 15 is 0 Å². The fraction of sp³-hybridized carbons (Fsp3) is 0.200. The number of sulfonamides is 1. The first-order valence-electron chi connectivity index (χ1n) is 6.56. The highest BCUT2D eigenvalue weighted by Crippen LogP contribution is 2.32. The summed E-state index contributed by atoms with van der Waals surface area (Å²) in [6.07, 6.45) is 0.791. The first-order chi connectivity index (χ1) is 9.97. The lowest BCUT2D eigenvalue weighted by molar-refractivity contribution is 0.462. The third-order valence-corrected chi connectivity index (χ3v) is 4.53. The number of aryl methyl sites for hydroxylation is 1. The average molecular weight is 306 g/mol. The van der Waals surface area contributed by atoms with Crippen molar-refractivity contribution in [1.29, 1.82) is 0 Å². The first-order valence-corrected chi connectivity index (χ1v) is 8.05. The van der Waals surface area contributed by atoms with Crippen LogP contribution in [0.25, 0.3) is 0 Å². The number of ether oxygens (including phenoxy) is 1. The third kappa shape index (κ3) is 3.34. The SMILES string of the molecule is CCc1ccccc1Oc1ccc(N)cc1S(=O)(=O)NC. The Labute approximate surface area is 124 Å². The number of para-hydroxylation sites is 1. The Morgan fingerprint density at radius 3 is 2.52 bits per heavy atom. The van der Waals surface area contributed by atoms with Gasteiger partial charge < -0.3 is 10.5 Å². The minimum atomic E-state index is -3.65. The van der Waals surface area contributed by atoms with Gasteiger partial charge in [-0.05, 0) is 43.3 Å². The van der Waals surface area contributed by atoms with Gasteiger partial charge in [0.1, 0.15) is 16.4 Å². The van der Waals surface area contributed by atoms with Crippen LogP contribution < -0.4 is 15.2 Å². The second kappa shape index (κ2) is 6.15. The summed E-state index contributed by atoms with van der Waals surface area (Å²) in [6, 6.07) is 12.1. The fourth-order valence-corrected chi connectivity index (χ4v) is 2.83. The second-order valence-corrected chi connectivity index (χ2v) is 6.33. The number of nitrogens with one attached hydrogen (secondary N) is 1. The molecule has 0 heterocycles. The molecule has 0 fully saturated rings. The predicted molar refractivity (Wildman–Crippen MR) is 83.0 cm³/mol. The topological polar surface area (TPSA) is 81.4 Å². The molecule has 3 N–H and O–H groups in total. The number of anilines is 1. The summed E-state index contributed by atoms with van der Waals surface area (Å²) >= 11 is 0. The van der Waals surface area contributed by atoms with Gasteiger partial charge in [-0.3, -0.25) is 0 Å². The van der Waals surface area contributed by atoms with E-state index in [4.69, 9.17) is 10.5 Å². The van der Waals surface area contributed by atoms with Gasteiger partial charge in [-0.1, -0.05) is 25.1 Å². The van der Waals surface area contributed by atoms with E-state index in [1.807, 2.05) is 31.2 Å². The Morgan fingerprint density at radius 1 is 1.14 bits per heavy atom. The Kier molecular flexibility index (Phi) is 4.50. The molecule has 5 nitrogen and oxygen atoms in total. The second-order valence-electron chi connectivity index (χ2n) is 4.48. The van der Waals surface area contributed by atoms with Crippen LogP contribution in [0.1, 0.15) is 12.5 Å². The van der Waals surface area contributed by atoms with E-state index in [0.717, 1.165) is 12.0 Å². The monoisotopic (exact) mass is 306 g/mol. The third-order valence-electron chi connectivity index (χ3n) is 3.10. The normalized spacial score (nSPS) is 11.3. The minimum Gasteiger partial charge on any atom is -0.456 e. The van der Waals surface area contributed by atoms with E-state index in [2.05, 4.69) is 4.72 Å². The fourth-order valence-electron chi connectivity index (χ4n) is 1.94. The van der Waals surface area contributed by atoms with Crippen molar-refractivity contribution in [3.05, 3.63) is 48.0 Å². The smallest absolute Gasteiger partial charge is 0.244 e. The molecule has 2 aromatic rings. The molecular formula is C15H18N2O3S. The van der Waals surface area contributed by atoms with E-state index in [0.29, 0.717) is 11.4 Å². The molecule has 2 aromatic carbocycles. The number of hydrogen-bond donors (Lipinski definition) is 2. The van der Waals surface area contributed by atoms with Gasteiger partial charge in [0.2, 0.25) is 10.0 Å². The molecule has 0 aromatic heterocycles. The molecule has 0 aliphatic rings. The van der Waals surface area contributed by atoms with Crippen molar-refractivity contribution in [2.45, 2.75) is 18.2 Å².